The quantitative estimate of drug-likeness (QED) is 0.0174. The van der Waals surface area contributed by atoms with Gasteiger partial charge in [0, 0.05) is 12.8 Å². The summed E-state index contributed by atoms with van der Waals surface area (Å²) in [6.07, 6.45) is -6.15. The monoisotopic (exact) mass is 1730 g/mol. The predicted octanol–water partition coefficient (Wildman–Crippen LogP) is 4.34. The Morgan fingerprint density at radius 3 is 1.20 bits per heavy atom. The van der Waals surface area contributed by atoms with E-state index in [1.807, 2.05) is 0 Å². The van der Waals surface area contributed by atoms with Gasteiger partial charge in [-0.3, -0.25) is 23.2 Å². The summed E-state index contributed by atoms with van der Waals surface area (Å²) in [4.78, 5) is 56.1. The highest BCUT2D eigenvalue weighted by molar-refractivity contribution is 7.47. The number of ether oxygens (including phenoxy) is 10. The van der Waals surface area contributed by atoms with Crippen LogP contribution in [0.1, 0.15) is 271 Å². The van der Waals surface area contributed by atoms with Crippen LogP contribution in [0.25, 0.3) is 0 Å². The van der Waals surface area contributed by atoms with E-state index in [0.29, 0.717) is 19.3 Å². The Morgan fingerprint density at radius 2 is 0.744 bits per heavy atom. The van der Waals surface area contributed by atoms with E-state index in [4.69, 9.17) is 62.1 Å². The van der Waals surface area contributed by atoms with Crippen LogP contribution in [0.3, 0.4) is 0 Å². The van der Waals surface area contributed by atoms with Crippen molar-refractivity contribution in [3.05, 3.63) is 12.2 Å². The summed E-state index contributed by atoms with van der Waals surface area (Å²) in [7, 11) is -10.8. The van der Waals surface area contributed by atoms with Crippen LogP contribution in [0.15, 0.2) is 12.2 Å². The van der Waals surface area contributed by atoms with Crippen molar-refractivity contribution in [3.8, 4) is 0 Å². The lowest BCUT2D eigenvalue weighted by molar-refractivity contribution is -0.377. The zero-order valence-electron chi connectivity index (χ0n) is 68.7. The van der Waals surface area contributed by atoms with Gasteiger partial charge in [0.2, 0.25) is 0 Å². The fraction of sp³-hybridized carbons (Fsp3) is 0.949. The molecule has 5 rings (SSSR count). The number of aliphatic hydroxyl groups excluding tert-OH is 15. The summed E-state index contributed by atoms with van der Waals surface area (Å²) in [5, 5.41) is 165. The molecule has 4 saturated heterocycles. The van der Waals surface area contributed by atoms with Gasteiger partial charge >= 0.3 is 27.6 Å². The molecule has 20 N–H and O–H groups in total. The molecular formula is C79H147NO35P2. The predicted molar refractivity (Wildman–Crippen MR) is 420 cm³/mol. The molecule has 36 nitrogen and oxygen atoms in total. The van der Waals surface area contributed by atoms with Crippen molar-refractivity contribution in [2.75, 3.05) is 39.6 Å². The average molecular weight is 1730 g/mol. The maximum atomic E-state index is 14.0. The number of nitrogens with two attached hydrogens (primary N) is 1. The molecule has 0 aromatic rings. The number of rotatable bonds is 63. The molecule has 0 radical (unpaired) electrons. The van der Waals surface area contributed by atoms with Gasteiger partial charge in [-0.15, -0.1) is 0 Å². The lowest BCUT2D eigenvalue weighted by Crippen LogP contribution is -2.70. The first-order chi connectivity index (χ1) is 56.0. The number of phosphoric acid groups is 2. The van der Waals surface area contributed by atoms with E-state index in [1.54, 1.807) is 0 Å². The summed E-state index contributed by atoms with van der Waals surface area (Å²) < 4.78 is 97.4. The summed E-state index contributed by atoms with van der Waals surface area (Å²) in [5.74, 6) is -1.62. The molecule has 28 atom stereocenters. The number of hydrogen-bond acceptors (Lipinski definition) is 33. The number of carbonyl (C=O) groups excluding carboxylic acids is 2. The molecule has 1 aliphatic carbocycles. The molecule has 688 valence electrons. The van der Waals surface area contributed by atoms with Crippen LogP contribution in [0.2, 0.25) is 0 Å². The lowest BCUT2D eigenvalue weighted by Gasteiger charge is -2.49. The molecule has 117 heavy (non-hydrogen) atoms. The molecular weight excluding hydrogens is 1580 g/mol. The van der Waals surface area contributed by atoms with E-state index in [1.165, 1.54) is 154 Å². The third-order valence-electron chi connectivity index (χ3n) is 22.3. The maximum Gasteiger partial charge on any atom is 0.472 e. The van der Waals surface area contributed by atoms with Gasteiger partial charge in [-0.2, -0.15) is 0 Å². The van der Waals surface area contributed by atoms with Crippen LogP contribution in [-0.2, 0) is 79.7 Å². The molecule has 38 heteroatoms. The Balaban J connectivity index is 1.14. The van der Waals surface area contributed by atoms with E-state index in [9.17, 15) is 110 Å². The Hall–Kier alpha value is -2.06. The van der Waals surface area contributed by atoms with Crippen LogP contribution in [0.4, 0.5) is 0 Å². The summed E-state index contributed by atoms with van der Waals surface area (Å²) in [6, 6.07) is -1.92. The second kappa shape index (κ2) is 58.3. The minimum absolute atomic E-state index is 0.0463. The summed E-state index contributed by atoms with van der Waals surface area (Å²) >= 11 is 0. The Bertz CT molecular complexity index is 2740. The minimum Gasteiger partial charge on any atom is -0.463 e. The van der Waals surface area contributed by atoms with E-state index < -0.39 is 233 Å². The molecule has 0 spiro atoms. The fourth-order valence-electron chi connectivity index (χ4n) is 15.1. The Kier molecular flexibility index (Phi) is 52.5. The van der Waals surface area contributed by atoms with Crippen molar-refractivity contribution in [1.82, 2.24) is 0 Å². The van der Waals surface area contributed by atoms with Gasteiger partial charge in [-0.05, 0) is 38.5 Å². The number of esters is 2. The van der Waals surface area contributed by atoms with Crippen molar-refractivity contribution in [2.24, 2.45) is 5.73 Å². The van der Waals surface area contributed by atoms with Crippen LogP contribution in [-0.4, -0.2) is 308 Å². The zero-order valence-corrected chi connectivity index (χ0v) is 70.5. The van der Waals surface area contributed by atoms with Crippen molar-refractivity contribution in [3.63, 3.8) is 0 Å². The minimum atomic E-state index is -5.60. The number of hydrogen-bond donors (Lipinski definition) is 19. The first-order valence-corrected chi connectivity index (χ1v) is 46.4. The van der Waals surface area contributed by atoms with Crippen LogP contribution in [0.5, 0.6) is 0 Å². The second-order valence-electron chi connectivity index (χ2n) is 32.1. The number of aliphatic hydroxyl groups is 15. The molecule has 0 bridgehead atoms. The van der Waals surface area contributed by atoms with E-state index >= 15 is 0 Å². The third kappa shape index (κ3) is 38.4. The van der Waals surface area contributed by atoms with Gasteiger partial charge in [0.15, 0.2) is 31.3 Å². The first-order valence-electron chi connectivity index (χ1n) is 43.4. The SMILES string of the molecule is CCCCCCCC/C=C\CCCCCCCCCCCCCCCCCCCC(=O)OC[C@@H](O)COP(=O)(O)O[C@@H]1C(OC(=O)CCCCCCCCCCCCCCC)[C@H](O)C(O)C(O)[C@H]1O[C@H]1OC(CO)[C@@H](O[C@H]2OC(CO[C@H]3OC(CO)[C@@H](O)[C@H](O)C3O[C@H]3OC(COP(=O)(O)O)[C@H](O)[C@H](O)C3O)[C@@H](O)[C@H](O)C2O)[C@H](O)C1N. The number of phosphoric ester groups is 2. The Labute approximate surface area is 689 Å². The smallest absolute Gasteiger partial charge is 0.463 e. The van der Waals surface area contributed by atoms with Crippen molar-refractivity contribution >= 4 is 27.6 Å². The number of unbranched alkanes of at least 4 members (excludes halogenated alkanes) is 35. The van der Waals surface area contributed by atoms with Crippen LogP contribution < -0.4 is 5.73 Å². The Morgan fingerprint density at radius 1 is 0.376 bits per heavy atom. The topological polar surface area (TPSA) is 578 Å². The van der Waals surface area contributed by atoms with Crippen LogP contribution in [0, 0.1) is 0 Å². The summed E-state index contributed by atoms with van der Waals surface area (Å²) in [5.41, 5.74) is 6.49. The highest BCUT2D eigenvalue weighted by Crippen LogP contribution is 2.49. The van der Waals surface area contributed by atoms with E-state index in [2.05, 4.69) is 30.5 Å². The number of allylic oxidation sites excluding steroid dienone is 2. The molecule has 0 aromatic carbocycles. The van der Waals surface area contributed by atoms with Gasteiger partial charge in [0.25, 0.3) is 0 Å². The average Bonchev–Trinajstić information content (AvgIpc) is 0.769. The summed E-state index contributed by atoms with van der Waals surface area (Å²) in [6.45, 7) is -1.39. The maximum absolute atomic E-state index is 14.0. The molecule has 0 aromatic heterocycles. The molecule has 4 aliphatic heterocycles. The molecule has 1 saturated carbocycles. The van der Waals surface area contributed by atoms with Crippen molar-refractivity contribution < 1.29 is 171 Å². The van der Waals surface area contributed by atoms with Crippen LogP contribution >= 0.6 is 15.6 Å². The van der Waals surface area contributed by atoms with Gasteiger partial charge in [-0.25, -0.2) is 9.13 Å². The van der Waals surface area contributed by atoms with Gasteiger partial charge in [0.05, 0.1) is 39.1 Å². The van der Waals surface area contributed by atoms with Crippen molar-refractivity contribution in [1.29, 1.82) is 0 Å². The standard InChI is InChI=1S/C79H147NO35P2/c1-3-5-7-9-11-13-15-17-18-19-20-21-22-23-24-25-26-27-28-29-30-32-33-35-37-39-41-43-56(84)103-47-51(83)48-106-117(101,102)115-75-72(111-57(85)44-42-40-38-36-34-31-16-14-12-10-8-6-4-2)67(94)65(92)68(95)73(75)113-76-58(80)62(89)71(53(46-82)108-76)112-77-69(96)63(90)60(87)54(109-77)49-104-79-74(66(93)59(86)52(45-81)107-79)114-78-70(97)64(91)61(88)55(110-78)50-105-116(98,99)100/h17-18,51-55,58-79,81-83,86-97H,3-16,19-50,80H2,1-2H3,(H,101,102)(H2,98,99,100)/b18-17-/t51-,52?,53?,54?,55?,58?,59-,60-,61+,62-,63+,64+,65?,66+,67-,68?,69?,70?,71-,72?,73-,74?,75-,76-,77-,78-,79+/m1/s1. The highest BCUT2D eigenvalue weighted by Gasteiger charge is 2.59. The van der Waals surface area contributed by atoms with E-state index in [0.717, 1.165) is 70.6 Å². The largest absolute Gasteiger partial charge is 0.472 e. The zero-order chi connectivity index (χ0) is 85.9. The van der Waals surface area contributed by atoms with E-state index in [-0.39, 0.29) is 12.8 Å². The highest BCUT2D eigenvalue weighted by atomic mass is 31.2. The second-order valence-corrected chi connectivity index (χ2v) is 34.8. The lowest BCUT2D eigenvalue weighted by atomic mass is 9.84. The van der Waals surface area contributed by atoms with Gasteiger partial charge in [-0.1, -0.05) is 231 Å². The molecule has 0 amide bonds. The van der Waals surface area contributed by atoms with Crippen molar-refractivity contribution in [2.45, 2.75) is 436 Å². The van der Waals surface area contributed by atoms with Gasteiger partial charge in [0.1, 0.15) is 135 Å². The molecule has 5 aliphatic rings. The molecule has 4 heterocycles. The first kappa shape index (κ1) is 105. The third-order valence-corrected chi connectivity index (χ3v) is 23.8. The van der Waals surface area contributed by atoms with Gasteiger partial charge < -0.3 is 144 Å². The number of carbonyl (C=O) groups is 2. The molecule has 5 fully saturated rings. The fourth-order valence-corrected chi connectivity index (χ4v) is 16.4. The molecule has 12 unspecified atom stereocenters. The normalized spacial score (nSPS) is 33.3.